The molecule has 0 unspecified atom stereocenters. The van der Waals surface area contributed by atoms with E-state index in [2.05, 4.69) is 15.6 Å². The van der Waals surface area contributed by atoms with Gasteiger partial charge in [-0.3, -0.25) is 14.1 Å². The van der Waals surface area contributed by atoms with Crippen LogP contribution >= 0.6 is 11.6 Å². The highest BCUT2D eigenvalue weighted by Crippen LogP contribution is 2.30. The molecular weight excluding hydrogens is 524 g/mol. The lowest BCUT2D eigenvalue weighted by Gasteiger charge is -2.25. The van der Waals surface area contributed by atoms with Gasteiger partial charge in [-0.05, 0) is 67.4 Å². The zero-order chi connectivity index (χ0) is 27.1. The number of para-hydroxylation sites is 1. The number of hydrogen-bond acceptors (Lipinski definition) is 6. The molecule has 3 aromatic carbocycles. The highest BCUT2D eigenvalue weighted by molar-refractivity contribution is 7.93. The first-order valence-electron chi connectivity index (χ1n) is 12.1. The summed E-state index contributed by atoms with van der Waals surface area (Å²) in [5, 5.41) is 7.77. The van der Waals surface area contributed by atoms with Crippen LogP contribution in [0.25, 0.3) is 10.9 Å². The van der Waals surface area contributed by atoms with Crippen LogP contribution in [0.15, 0.2) is 83.9 Å². The van der Waals surface area contributed by atoms with Crippen molar-refractivity contribution in [3.05, 3.63) is 89.6 Å². The van der Waals surface area contributed by atoms with E-state index in [9.17, 15) is 13.2 Å². The summed E-state index contributed by atoms with van der Waals surface area (Å²) in [7, 11) is -2.67. The van der Waals surface area contributed by atoms with Gasteiger partial charge in [0, 0.05) is 35.4 Å². The summed E-state index contributed by atoms with van der Waals surface area (Å²) in [5.41, 5.74) is 2.87. The Morgan fingerprint density at radius 1 is 1.03 bits per heavy atom. The largest absolute Gasteiger partial charge is 0.495 e. The number of methoxy groups -OCH3 is 1. The van der Waals surface area contributed by atoms with E-state index in [-0.39, 0.29) is 17.2 Å². The van der Waals surface area contributed by atoms with Crippen LogP contribution in [0, 0.1) is 6.92 Å². The molecule has 0 saturated carbocycles. The van der Waals surface area contributed by atoms with Crippen LogP contribution in [0.2, 0.25) is 5.02 Å². The van der Waals surface area contributed by atoms with Gasteiger partial charge in [0.05, 0.1) is 18.3 Å². The van der Waals surface area contributed by atoms with E-state index >= 15 is 0 Å². The van der Waals surface area contributed by atoms with Crippen molar-refractivity contribution in [2.24, 2.45) is 0 Å². The molecule has 0 radical (unpaired) electrons. The second-order valence-electron chi connectivity index (χ2n) is 8.65. The average Bonchev–Trinajstić information content (AvgIpc) is 2.91. The molecule has 1 aromatic heterocycles. The van der Waals surface area contributed by atoms with Crippen molar-refractivity contribution < 1.29 is 17.9 Å². The van der Waals surface area contributed by atoms with Crippen LogP contribution in [-0.2, 0) is 14.8 Å². The van der Waals surface area contributed by atoms with Gasteiger partial charge < -0.3 is 15.4 Å². The summed E-state index contributed by atoms with van der Waals surface area (Å²) in [6, 6.07) is 20.9. The third kappa shape index (κ3) is 6.35. The Labute approximate surface area is 227 Å². The minimum atomic E-state index is -4.09. The fraction of sp³-hybridized carbons (Fsp3) is 0.214. The molecule has 0 spiro atoms. The minimum absolute atomic E-state index is 0.00622. The number of carbonyl (C=O) groups excluding carboxylic acids is 1. The van der Waals surface area contributed by atoms with E-state index in [1.165, 1.54) is 7.11 Å². The zero-order valence-corrected chi connectivity index (χ0v) is 22.7. The second-order valence-corrected chi connectivity index (χ2v) is 10.9. The molecule has 0 aliphatic carbocycles. The number of nitrogens with one attached hydrogen (secondary N) is 2. The molecular formula is C28H29ClN4O4S. The number of amides is 1. The van der Waals surface area contributed by atoms with Crippen LogP contribution in [0.1, 0.15) is 12.0 Å². The number of hydrogen-bond donors (Lipinski definition) is 2. The number of carbonyl (C=O) groups is 1. The Kier molecular flexibility index (Phi) is 8.70. The van der Waals surface area contributed by atoms with E-state index in [4.69, 9.17) is 16.3 Å². The van der Waals surface area contributed by atoms with Crippen molar-refractivity contribution in [3.63, 3.8) is 0 Å². The van der Waals surface area contributed by atoms with E-state index in [1.54, 1.807) is 67.7 Å². The normalized spacial score (nSPS) is 11.2. The van der Waals surface area contributed by atoms with Crippen molar-refractivity contribution in [1.82, 2.24) is 10.3 Å². The van der Waals surface area contributed by atoms with Crippen LogP contribution in [0.5, 0.6) is 5.75 Å². The second kappa shape index (κ2) is 12.1. The molecule has 198 valence electrons. The topological polar surface area (TPSA) is 101 Å². The summed E-state index contributed by atoms with van der Waals surface area (Å²) in [4.78, 5) is 17.2. The summed E-state index contributed by atoms with van der Waals surface area (Å²) < 4.78 is 33.8. The number of aromatic nitrogens is 1. The van der Waals surface area contributed by atoms with Gasteiger partial charge in [0.15, 0.2) is 0 Å². The predicted octanol–water partition coefficient (Wildman–Crippen LogP) is 5.02. The van der Waals surface area contributed by atoms with Crippen LogP contribution in [0.3, 0.4) is 0 Å². The van der Waals surface area contributed by atoms with Crippen LogP contribution < -0.4 is 19.7 Å². The zero-order valence-electron chi connectivity index (χ0n) is 21.1. The van der Waals surface area contributed by atoms with Crippen LogP contribution in [0.4, 0.5) is 11.4 Å². The number of ether oxygens (including phenoxy) is 1. The number of rotatable bonds is 11. The van der Waals surface area contributed by atoms with E-state index < -0.39 is 15.9 Å². The van der Waals surface area contributed by atoms with E-state index in [0.29, 0.717) is 30.2 Å². The Bertz CT molecular complexity index is 1530. The first kappa shape index (κ1) is 27.2. The van der Waals surface area contributed by atoms with Gasteiger partial charge in [0.2, 0.25) is 5.91 Å². The Morgan fingerprint density at radius 2 is 1.82 bits per heavy atom. The number of pyridine rings is 1. The molecule has 0 bridgehead atoms. The molecule has 8 nitrogen and oxygen atoms in total. The third-order valence-corrected chi connectivity index (χ3v) is 7.94. The van der Waals surface area contributed by atoms with Crippen molar-refractivity contribution in [2.45, 2.75) is 18.2 Å². The summed E-state index contributed by atoms with van der Waals surface area (Å²) >= 11 is 6.06. The van der Waals surface area contributed by atoms with Gasteiger partial charge in [-0.15, -0.1) is 0 Å². The summed E-state index contributed by atoms with van der Waals surface area (Å²) in [6.07, 6.45) is 2.34. The van der Waals surface area contributed by atoms with Crippen molar-refractivity contribution in [3.8, 4) is 5.75 Å². The summed E-state index contributed by atoms with van der Waals surface area (Å²) in [6.45, 7) is 2.41. The van der Waals surface area contributed by atoms with Crippen molar-refractivity contribution in [1.29, 1.82) is 0 Å². The number of halogens is 1. The molecule has 0 aliphatic rings. The maximum atomic E-state index is 13.7. The molecule has 4 rings (SSSR count). The molecule has 4 aromatic rings. The Morgan fingerprint density at radius 3 is 2.58 bits per heavy atom. The Balaban J connectivity index is 1.41. The quantitative estimate of drug-likeness (QED) is 0.253. The SMILES string of the molecule is COc1ccc(C)cc1S(=O)(=O)N(CC(=O)NCCCNc1ccnc2cc(Cl)ccc12)c1ccccc1. The molecule has 0 atom stereocenters. The number of anilines is 2. The number of sulfonamides is 1. The fourth-order valence-electron chi connectivity index (χ4n) is 4.01. The molecule has 2 N–H and O–H groups in total. The average molecular weight is 553 g/mol. The molecule has 10 heteroatoms. The third-order valence-electron chi connectivity index (χ3n) is 5.91. The van der Waals surface area contributed by atoms with Crippen molar-refractivity contribution >= 4 is 49.8 Å². The predicted molar refractivity (Wildman–Crippen MR) is 152 cm³/mol. The smallest absolute Gasteiger partial charge is 0.268 e. The standard InChI is InChI=1S/C28H29ClN4O4S/c1-20-9-12-26(37-2)27(17-20)38(35,36)33(22-7-4-3-5-8-22)19-28(34)32-15-6-14-30-24-13-16-31-25-18-21(29)10-11-23(24)25/h3-5,7-13,16-18H,6,14-15,19H2,1-2H3,(H,30,31)(H,32,34). The molecule has 0 saturated heterocycles. The fourth-order valence-corrected chi connectivity index (χ4v) is 5.85. The molecule has 1 heterocycles. The number of fused-ring (bicyclic) bond motifs is 1. The first-order chi connectivity index (χ1) is 18.3. The lowest BCUT2D eigenvalue weighted by molar-refractivity contribution is -0.119. The molecule has 1 amide bonds. The number of aryl methyl sites for hydroxylation is 1. The van der Waals surface area contributed by atoms with Gasteiger partial charge in [0.25, 0.3) is 10.0 Å². The maximum absolute atomic E-state index is 13.7. The highest BCUT2D eigenvalue weighted by atomic mass is 35.5. The van der Waals surface area contributed by atoms with Gasteiger partial charge in [-0.1, -0.05) is 35.9 Å². The highest BCUT2D eigenvalue weighted by Gasteiger charge is 2.30. The first-order valence-corrected chi connectivity index (χ1v) is 13.9. The molecule has 0 fully saturated rings. The van der Waals surface area contributed by atoms with Gasteiger partial charge >= 0.3 is 0 Å². The van der Waals surface area contributed by atoms with Crippen molar-refractivity contribution in [2.75, 3.05) is 36.4 Å². The van der Waals surface area contributed by atoms with Crippen LogP contribution in [-0.4, -0.2) is 46.1 Å². The van der Waals surface area contributed by atoms with Gasteiger partial charge in [-0.2, -0.15) is 0 Å². The van der Waals surface area contributed by atoms with Gasteiger partial charge in [-0.25, -0.2) is 8.42 Å². The minimum Gasteiger partial charge on any atom is -0.495 e. The number of benzene rings is 3. The summed E-state index contributed by atoms with van der Waals surface area (Å²) in [5.74, 6) is -0.193. The lowest BCUT2D eigenvalue weighted by atomic mass is 10.2. The monoisotopic (exact) mass is 552 g/mol. The Hall–Kier alpha value is -3.82. The number of nitrogens with zero attached hydrogens (tertiary/aromatic N) is 2. The molecule has 38 heavy (non-hydrogen) atoms. The van der Waals surface area contributed by atoms with E-state index in [0.717, 1.165) is 26.5 Å². The van der Waals surface area contributed by atoms with E-state index in [1.807, 2.05) is 18.2 Å². The molecule has 0 aliphatic heterocycles. The maximum Gasteiger partial charge on any atom is 0.268 e. The lowest BCUT2D eigenvalue weighted by Crippen LogP contribution is -2.41. The van der Waals surface area contributed by atoms with Gasteiger partial charge in [0.1, 0.15) is 17.2 Å².